The second kappa shape index (κ2) is 4.77. The third-order valence-electron chi connectivity index (χ3n) is 4.32. The van der Waals surface area contributed by atoms with E-state index in [2.05, 4.69) is 6.92 Å². The van der Waals surface area contributed by atoms with E-state index in [1.165, 1.54) is 25.3 Å². The maximum absolute atomic E-state index is 13.3. The molecule has 0 aliphatic heterocycles. The molecule has 0 heterocycles. The molecule has 2 heteroatoms. The molecule has 1 atom stereocenters. The van der Waals surface area contributed by atoms with Crippen molar-refractivity contribution in [2.24, 2.45) is 11.1 Å². The zero-order chi connectivity index (χ0) is 12.5. The molecule has 1 aliphatic carbocycles. The molecular weight excluding hydrogens is 213 g/mol. The van der Waals surface area contributed by atoms with E-state index >= 15 is 0 Å². The topological polar surface area (TPSA) is 26.0 Å². The lowest BCUT2D eigenvalue weighted by atomic mass is 9.68. The number of halogens is 1. The van der Waals surface area contributed by atoms with Crippen LogP contribution in [-0.2, 0) is 0 Å². The van der Waals surface area contributed by atoms with Crippen molar-refractivity contribution in [1.29, 1.82) is 0 Å². The lowest BCUT2D eigenvalue weighted by molar-refractivity contribution is 0.169. The first-order chi connectivity index (χ1) is 8.03. The van der Waals surface area contributed by atoms with Gasteiger partial charge < -0.3 is 5.73 Å². The van der Waals surface area contributed by atoms with E-state index in [4.69, 9.17) is 5.73 Å². The SMILES string of the molecule is Cc1ccc(F)cc1C(N)C1(C)CCCCC1. The van der Waals surface area contributed by atoms with Crippen LogP contribution in [0.4, 0.5) is 4.39 Å². The highest BCUT2D eigenvalue weighted by Crippen LogP contribution is 2.44. The molecule has 0 amide bonds. The van der Waals surface area contributed by atoms with Crippen LogP contribution in [0, 0.1) is 18.2 Å². The van der Waals surface area contributed by atoms with Gasteiger partial charge in [-0.3, -0.25) is 0 Å². The van der Waals surface area contributed by atoms with E-state index < -0.39 is 0 Å². The molecular formula is C15H22FN. The van der Waals surface area contributed by atoms with Gasteiger partial charge in [0.1, 0.15) is 5.82 Å². The van der Waals surface area contributed by atoms with Gasteiger partial charge in [-0.25, -0.2) is 4.39 Å². The quantitative estimate of drug-likeness (QED) is 0.820. The van der Waals surface area contributed by atoms with Gasteiger partial charge in [-0.2, -0.15) is 0 Å². The molecule has 2 rings (SSSR count). The summed E-state index contributed by atoms with van der Waals surface area (Å²) in [4.78, 5) is 0. The zero-order valence-electron chi connectivity index (χ0n) is 10.8. The highest BCUT2D eigenvalue weighted by Gasteiger charge is 2.34. The average molecular weight is 235 g/mol. The minimum Gasteiger partial charge on any atom is -0.323 e. The summed E-state index contributed by atoms with van der Waals surface area (Å²) in [5.74, 6) is -0.180. The van der Waals surface area contributed by atoms with Crippen LogP contribution in [0.25, 0.3) is 0 Å². The molecule has 1 aromatic rings. The largest absolute Gasteiger partial charge is 0.323 e. The summed E-state index contributed by atoms with van der Waals surface area (Å²) in [5, 5.41) is 0. The Labute approximate surface area is 103 Å². The third kappa shape index (κ3) is 2.52. The predicted molar refractivity (Wildman–Crippen MR) is 69.3 cm³/mol. The molecule has 1 aromatic carbocycles. The van der Waals surface area contributed by atoms with Crippen molar-refractivity contribution in [2.45, 2.75) is 52.0 Å². The van der Waals surface area contributed by atoms with Crippen molar-refractivity contribution in [3.63, 3.8) is 0 Å². The van der Waals surface area contributed by atoms with Gasteiger partial charge in [0, 0.05) is 6.04 Å². The highest BCUT2D eigenvalue weighted by molar-refractivity contribution is 5.30. The van der Waals surface area contributed by atoms with Crippen molar-refractivity contribution < 1.29 is 4.39 Å². The standard InChI is InChI=1S/C15H22FN/c1-11-6-7-12(16)10-13(11)14(17)15(2)8-4-3-5-9-15/h6-7,10,14H,3-5,8-9,17H2,1-2H3. The number of rotatable bonds is 2. The van der Waals surface area contributed by atoms with E-state index in [-0.39, 0.29) is 17.3 Å². The summed E-state index contributed by atoms with van der Waals surface area (Å²) in [6, 6.07) is 4.91. The molecule has 0 spiro atoms. The summed E-state index contributed by atoms with van der Waals surface area (Å²) >= 11 is 0. The number of hydrogen-bond acceptors (Lipinski definition) is 1. The van der Waals surface area contributed by atoms with Crippen molar-refractivity contribution in [3.05, 3.63) is 35.1 Å². The summed E-state index contributed by atoms with van der Waals surface area (Å²) in [7, 11) is 0. The lowest BCUT2D eigenvalue weighted by Gasteiger charge is -2.39. The van der Waals surface area contributed by atoms with Gasteiger partial charge in [0.05, 0.1) is 0 Å². The number of nitrogens with two attached hydrogens (primary N) is 1. The molecule has 1 fully saturated rings. The second-order valence-electron chi connectivity index (χ2n) is 5.69. The molecule has 17 heavy (non-hydrogen) atoms. The van der Waals surface area contributed by atoms with E-state index in [9.17, 15) is 4.39 Å². The van der Waals surface area contributed by atoms with E-state index in [1.807, 2.05) is 13.0 Å². The zero-order valence-corrected chi connectivity index (χ0v) is 10.8. The van der Waals surface area contributed by atoms with E-state index in [0.717, 1.165) is 24.0 Å². The van der Waals surface area contributed by atoms with Gasteiger partial charge in [-0.1, -0.05) is 32.3 Å². The molecule has 1 nitrogen and oxygen atoms in total. The first-order valence-corrected chi connectivity index (χ1v) is 6.54. The Morgan fingerprint density at radius 1 is 1.24 bits per heavy atom. The van der Waals surface area contributed by atoms with Crippen molar-refractivity contribution in [2.75, 3.05) is 0 Å². The van der Waals surface area contributed by atoms with Crippen LogP contribution in [0.1, 0.15) is 56.2 Å². The Kier molecular flexibility index (Phi) is 3.53. The maximum Gasteiger partial charge on any atom is 0.123 e. The third-order valence-corrected chi connectivity index (χ3v) is 4.32. The second-order valence-corrected chi connectivity index (χ2v) is 5.69. The fraction of sp³-hybridized carbons (Fsp3) is 0.600. The molecule has 1 unspecified atom stereocenters. The summed E-state index contributed by atoms with van der Waals surface area (Å²) in [6.45, 7) is 4.27. The smallest absolute Gasteiger partial charge is 0.123 e. The van der Waals surface area contributed by atoms with Crippen LogP contribution in [0.15, 0.2) is 18.2 Å². The van der Waals surface area contributed by atoms with Gasteiger partial charge in [0.15, 0.2) is 0 Å². The number of hydrogen-bond donors (Lipinski definition) is 1. The van der Waals surface area contributed by atoms with Gasteiger partial charge >= 0.3 is 0 Å². The van der Waals surface area contributed by atoms with E-state index in [0.29, 0.717) is 0 Å². The van der Waals surface area contributed by atoms with Crippen molar-refractivity contribution in [1.82, 2.24) is 0 Å². The molecule has 0 aromatic heterocycles. The van der Waals surface area contributed by atoms with Crippen LogP contribution < -0.4 is 5.73 Å². The Morgan fingerprint density at radius 2 is 1.88 bits per heavy atom. The van der Waals surface area contributed by atoms with Crippen molar-refractivity contribution >= 4 is 0 Å². The Bertz CT molecular complexity index is 394. The van der Waals surface area contributed by atoms with Crippen LogP contribution in [0.5, 0.6) is 0 Å². The van der Waals surface area contributed by atoms with Crippen LogP contribution in [0.3, 0.4) is 0 Å². The molecule has 2 N–H and O–H groups in total. The first kappa shape index (κ1) is 12.6. The Hall–Kier alpha value is -0.890. The number of benzene rings is 1. The first-order valence-electron chi connectivity index (χ1n) is 6.54. The molecule has 0 saturated heterocycles. The highest BCUT2D eigenvalue weighted by atomic mass is 19.1. The molecule has 1 saturated carbocycles. The van der Waals surface area contributed by atoms with Crippen molar-refractivity contribution in [3.8, 4) is 0 Å². The van der Waals surface area contributed by atoms with E-state index in [1.54, 1.807) is 6.07 Å². The Balaban J connectivity index is 2.29. The van der Waals surface area contributed by atoms with Crippen LogP contribution in [-0.4, -0.2) is 0 Å². The van der Waals surface area contributed by atoms with Crippen LogP contribution in [0.2, 0.25) is 0 Å². The van der Waals surface area contributed by atoms with Gasteiger partial charge in [-0.15, -0.1) is 0 Å². The minimum atomic E-state index is -0.180. The monoisotopic (exact) mass is 235 g/mol. The fourth-order valence-electron chi connectivity index (χ4n) is 2.99. The molecule has 0 radical (unpaired) electrons. The average Bonchev–Trinajstić information content (AvgIpc) is 2.32. The molecule has 0 bridgehead atoms. The van der Waals surface area contributed by atoms with Gasteiger partial charge in [-0.05, 0) is 48.4 Å². The van der Waals surface area contributed by atoms with Crippen LogP contribution >= 0.6 is 0 Å². The lowest BCUT2D eigenvalue weighted by Crippen LogP contribution is -2.34. The molecule has 94 valence electrons. The van der Waals surface area contributed by atoms with Gasteiger partial charge in [0.2, 0.25) is 0 Å². The maximum atomic E-state index is 13.3. The summed E-state index contributed by atoms with van der Waals surface area (Å²) in [6.07, 6.45) is 6.12. The summed E-state index contributed by atoms with van der Waals surface area (Å²) < 4.78 is 13.3. The number of aryl methyl sites for hydroxylation is 1. The predicted octanol–water partition coefficient (Wildman–Crippen LogP) is 4.10. The summed E-state index contributed by atoms with van der Waals surface area (Å²) in [5.41, 5.74) is 8.63. The van der Waals surface area contributed by atoms with Gasteiger partial charge in [0.25, 0.3) is 0 Å². The fourth-order valence-corrected chi connectivity index (χ4v) is 2.99. The Morgan fingerprint density at radius 3 is 2.53 bits per heavy atom. The normalized spacial score (nSPS) is 21.2. The minimum absolute atomic E-state index is 0.0431. The molecule has 1 aliphatic rings.